The maximum absolute atomic E-state index is 10.6. The van der Waals surface area contributed by atoms with Crippen LogP contribution in [0, 0.1) is 0 Å². The number of carbonyl (C=O) groups is 1. The van der Waals surface area contributed by atoms with E-state index in [4.69, 9.17) is 9.84 Å². The van der Waals surface area contributed by atoms with Crippen LogP contribution in [0.1, 0.15) is 26.7 Å². The smallest absolute Gasteiger partial charge is 0.323 e. The van der Waals surface area contributed by atoms with Crippen LogP contribution in [0.3, 0.4) is 0 Å². The summed E-state index contributed by atoms with van der Waals surface area (Å²) in [5, 5.41) is 11.3. The molecule has 2 unspecified atom stereocenters. The molecule has 0 spiro atoms. The van der Waals surface area contributed by atoms with Gasteiger partial charge in [-0.2, -0.15) is 0 Å². The molecule has 4 nitrogen and oxygen atoms in total. The van der Waals surface area contributed by atoms with Crippen LogP contribution in [-0.4, -0.2) is 36.9 Å². The highest BCUT2D eigenvalue weighted by Crippen LogP contribution is 2.01. The van der Waals surface area contributed by atoms with Crippen LogP contribution in [0.25, 0.3) is 0 Å². The predicted octanol–water partition coefficient (Wildman–Crippen LogP) is 0.864. The predicted molar refractivity (Wildman–Crippen MR) is 50.8 cm³/mol. The molecule has 0 rings (SSSR count). The summed E-state index contributed by atoms with van der Waals surface area (Å²) in [4.78, 5) is 10.6. The maximum Gasteiger partial charge on any atom is 0.323 e. The number of ether oxygens (including phenoxy) is 1. The highest BCUT2D eigenvalue weighted by molar-refractivity contribution is 5.73. The lowest BCUT2D eigenvalue weighted by atomic mass is 10.2. The Morgan fingerprint density at radius 2 is 2.23 bits per heavy atom. The first-order chi connectivity index (χ1) is 6.11. The van der Waals surface area contributed by atoms with E-state index in [0.29, 0.717) is 0 Å². The van der Waals surface area contributed by atoms with Crippen LogP contribution in [0.2, 0.25) is 0 Å². The Morgan fingerprint density at radius 1 is 1.62 bits per heavy atom. The Morgan fingerprint density at radius 3 is 2.62 bits per heavy atom. The highest BCUT2D eigenvalue weighted by Gasteiger charge is 2.15. The Bertz CT molecular complexity index is 150. The van der Waals surface area contributed by atoms with Crippen molar-refractivity contribution in [1.82, 2.24) is 5.32 Å². The second-order valence-electron chi connectivity index (χ2n) is 3.11. The third-order valence-electron chi connectivity index (χ3n) is 1.89. The van der Waals surface area contributed by atoms with Crippen LogP contribution in [0.5, 0.6) is 0 Å². The largest absolute Gasteiger partial charge is 0.480 e. The number of rotatable bonds is 7. The van der Waals surface area contributed by atoms with Crippen molar-refractivity contribution in [3.63, 3.8) is 0 Å². The number of carboxylic acid groups (broad SMARTS) is 1. The van der Waals surface area contributed by atoms with E-state index in [0.717, 1.165) is 12.8 Å². The van der Waals surface area contributed by atoms with Crippen molar-refractivity contribution >= 4 is 5.97 Å². The molecule has 0 saturated heterocycles. The molecule has 2 N–H and O–H groups in total. The van der Waals surface area contributed by atoms with Crippen LogP contribution in [-0.2, 0) is 9.53 Å². The van der Waals surface area contributed by atoms with Gasteiger partial charge in [-0.25, -0.2) is 0 Å². The standard InChI is InChI=1S/C9H19NO3/c1-4-5-7(2)13-6-8(10-3)9(11)12/h7-8,10H,4-6H2,1-3H3,(H,11,12). The second kappa shape index (κ2) is 6.86. The minimum absolute atomic E-state index is 0.139. The average Bonchev–Trinajstić information content (AvgIpc) is 2.05. The fourth-order valence-corrected chi connectivity index (χ4v) is 1.03. The van der Waals surface area contributed by atoms with Crippen molar-refractivity contribution < 1.29 is 14.6 Å². The summed E-state index contributed by atoms with van der Waals surface area (Å²) < 4.78 is 5.35. The minimum Gasteiger partial charge on any atom is -0.480 e. The molecule has 0 saturated carbocycles. The molecule has 0 radical (unpaired) electrons. The Hall–Kier alpha value is -0.610. The molecule has 0 aromatic heterocycles. The highest BCUT2D eigenvalue weighted by atomic mass is 16.5. The molecular weight excluding hydrogens is 170 g/mol. The third kappa shape index (κ3) is 5.60. The molecular formula is C9H19NO3. The number of hydrogen-bond donors (Lipinski definition) is 2. The van der Waals surface area contributed by atoms with Gasteiger partial charge in [0.1, 0.15) is 6.04 Å². The van der Waals surface area contributed by atoms with E-state index >= 15 is 0 Å². The third-order valence-corrected chi connectivity index (χ3v) is 1.89. The fraction of sp³-hybridized carbons (Fsp3) is 0.889. The molecule has 0 aliphatic rings. The monoisotopic (exact) mass is 189 g/mol. The molecule has 4 heteroatoms. The number of hydrogen-bond acceptors (Lipinski definition) is 3. The molecule has 0 aromatic rings. The second-order valence-corrected chi connectivity index (χ2v) is 3.11. The van der Waals surface area contributed by atoms with E-state index in [1.807, 2.05) is 6.92 Å². The summed E-state index contributed by atoms with van der Waals surface area (Å²) >= 11 is 0. The van der Waals surface area contributed by atoms with Gasteiger partial charge in [0.15, 0.2) is 0 Å². The lowest BCUT2D eigenvalue weighted by Crippen LogP contribution is -2.39. The van der Waals surface area contributed by atoms with Gasteiger partial charge in [-0.15, -0.1) is 0 Å². The number of aliphatic carboxylic acids is 1. The zero-order valence-corrected chi connectivity index (χ0v) is 8.54. The van der Waals surface area contributed by atoms with Crippen molar-refractivity contribution in [1.29, 1.82) is 0 Å². The van der Waals surface area contributed by atoms with Crippen LogP contribution in [0.15, 0.2) is 0 Å². The number of carboxylic acids is 1. The van der Waals surface area contributed by atoms with Gasteiger partial charge in [-0.1, -0.05) is 13.3 Å². The molecule has 0 heterocycles. The summed E-state index contributed by atoms with van der Waals surface area (Å²) in [5.41, 5.74) is 0. The van der Waals surface area contributed by atoms with Gasteiger partial charge in [0, 0.05) is 0 Å². The molecule has 0 aliphatic heterocycles. The summed E-state index contributed by atoms with van der Waals surface area (Å²) in [6, 6.07) is -0.598. The van der Waals surface area contributed by atoms with Crippen molar-refractivity contribution in [2.45, 2.75) is 38.8 Å². The summed E-state index contributed by atoms with van der Waals surface area (Å²) in [6.45, 7) is 4.26. The van der Waals surface area contributed by atoms with Gasteiger partial charge < -0.3 is 15.2 Å². The Labute approximate surface area is 79.3 Å². The first-order valence-electron chi connectivity index (χ1n) is 4.63. The molecule has 0 aromatic carbocycles. The van der Waals surface area contributed by atoms with E-state index in [9.17, 15) is 4.79 Å². The molecule has 0 fully saturated rings. The van der Waals surface area contributed by atoms with Crippen LogP contribution < -0.4 is 5.32 Å². The van der Waals surface area contributed by atoms with E-state index in [1.165, 1.54) is 0 Å². The summed E-state index contributed by atoms with van der Waals surface area (Å²) in [6.07, 6.45) is 2.16. The lowest BCUT2D eigenvalue weighted by Gasteiger charge is -2.16. The van der Waals surface area contributed by atoms with Crippen LogP contribution in [0.4, 0.5) is 0 Å². The first kappa shape index (κ1) is 12.4. The van der Waals surface area contributed by atoms with E-state index < -0.39 is 12.0 Å². The first-order valence-corrected chi connectivity index (χ1v) is 4.63. The van der Waals surface area contributed by atoms with Gasteiger partial charge in [0.25, 0.3) is 0 Å². The molecule has 13 heavy (non-hydrogen) atoms. The SMILES string of the molecule is CCCC(C)OCC(NC)C(=O)O. The van der Waals surface area contributed by atoms with Crippen molar-refractivity contribution in [3.05, 3.63) is 0 Å². The summed E-state index contributed by atoms with van der Waals surface area (Å²) in [5.74, 6) is -0.869. The molecule has 0 aliphatic carbocycles. The van der Waals surface area contributed by atoms with Gasteiger partial charge in [-0.05, 0) is 20.4 Å². The van der Waals surface area contributed by atoms with Gasteiger partial charge >= 0.3 is 5.97 Å². The normalized spacial score (nSPS) is 15.3. The number of likely N-dealkylation sites (N-methyl/N-ethyl adjacent to an activating group) is 1. The maximum atomic E-state index is 10.6. The zero-order chi connectivity index (χ0) is 10.3. The van der Waals surface area contributed by atoms with Crippen LogP contribution >= 0.6 is 0 Å². The minimum atomic E-state index is -0.869. The number of nitrogens with one attached hydrogen (secondary N) is 1. The molecule has 78 valence electrons. The van der Waals surface area contributed by atoms with Gasteiger partial charge in [-0.3, -0.25) is 4.79 Å². The van der Waals surface area contributed by atoms with Crippen molar-refractivity contribution in [3.8, 4) is 0 Å². The van der Waals surface area contributed by atoms with Gasteiger partial charge in [0.2, 0.25) is 0 Å². The summed E-state index contributed by atoms with van der Waals surface area (Å²) in [7, 11) is 1.62. The van der Waals surface area contributed by atoms with E-state index in [-0.39, 0.29) is 12.7 Å². The average molecular weight is 189 g/mol. The van der Waals surface area contributed by atoms with Crippen molar-refractivity contribution in [2.75, 3.05) is 13.7 Å². The Kier molecular flexibility index (Phi) is 6.54. The van der Waals surface area contributed by atoms with E-state index in [1.54, 1.807) is 7.05 Å². The molecule has 0 bridgehead atoms. The molecule has 2 atom stereocenters. The lowest BCUT2D eigenvalue weighted by molar-refractivity contribution is -0.141. The van der Waals surface area contributed by atoms with Crippen molar-refractivity contribution in [2.24, 2.45) is 0 Å². The van der Waals surface area contributed by atoms with Gasteiger partial charge in [0.05, 0.1) is 12.7 Å². The molecule has 0 amide bonds. The quantitative estimate of drug-likeness (QED) is 0.623. The Balaban J connectivity index is 3.65. The van der Waals surface area contributed by atoms with E-state index in [2.05, 4.69) is 12.2 Å². The zero-order valence-electron chi connectivity index (χ0n) is 8.54. The fourth-order valence-electron chi connectivity index (χ4n) is 1.03. The topological polar surface area (TPSA) is 58.6 Å².